The lowest BCUT2D eigenvalue weighted by molar-refractivity contribution is 0.101. The lowest BCUT2D eigenvalue weighted by Gasteiger charge is -2.15. The molecule has 0 aliphatic carbocycles. The minimum atomic E-state index is -0.250. The lowest BCUT2D eigenvalue weighted by atomic mass is 10.00. The highest BCUT2D eigenvalue weighted by atomic mass is 79.9. The zero-order valence-corrected chi connectivity index (χ0v) is 11.2. The fourth-order valence-electron chi connectivity index (χ4n) is 2.15. The summed E-state index contributed by atoms with van der Waals surface area (Å²) < 4.78 is 19.1. The van der Waals surface area contributed by atoms with E-state index in [4.69, 9.17) is 10.5 Å². The molecule has 1 fully saturated rings. The van der Waals surface area contributed by atoms with Gasteiger partial charge in [0.1, 0.15) is 5.82 Å². The van der Waals surface area contributed by atoms with Crippen molar-refractivity contribution >= 4 is 15.9 Å². The average Bonchev–Trinajstić information content (AvgIpc) is 2.82. The van der Waals surface area contributed by atoms with Crippen molar-refractivity contribution in [1.29, 1.82) is 0 Å². The molecule has 94 valence electrons. The number of ether oxygens (including phenoxy) is 1. The van der Waals surface area contributed by atoms with Crippen molar-refractivity contribution in [3.05, 3.63) is 34.1 Å². The Hall–Kier alpha value is -0.450. The summed E-state index contributed by atoms with van der Waals surface area (Å²) in [5.74, 6) is -0.250. The number of hydrogen-bond donors (Lipinski definition) is 1. The Bertz CT molecular complexity index is 380. The molecular weight excluding hydrogens is 285 g/mol. The second-order valence-corrected chi connectivity index (χ2v) is 5.35. The van der Waals surface area contributed by atoms with Crippen molar-refractivity contribution < 1.29 is 9.13 Å². The van der Waals surface area contributed by atoms with Crippen molar-refractivity contribution in [2.45, 2.75) is 37.8 Å². The van der Waals surface area contributed by atoms with E-state index >= 15 is 0 Å². The normalized spacial score (nSPS) is 21.7. The summed E-state index contributed by atoms with van der Waals surface area (Å²) in [6.07, 6.45) is 4.52. The van der Waals surface area contributed by atoms with Crippen LogP contribution in [-0.4, -0.2) is 12.7 Å². The number of benzene rings is 1. The third-order valence-corrected chi connectivity index (χ3v) is 3.80. The fraction of sp³-hybridized carbons (Fsp3) is 0.538. The monoisotopic (exact) mass is 301 g/mol. The second-order valence-electron chi connectivity index (χ2n) is 4.49. The van der Waals surface area contributed by atoms with Crippen LogP contribution in [0.1, 0.15) is 37.3 Å². The molecule has 0 saturated carbocycles. The summed E-state index contributed by atoms with van der Waals surface area (Å²) in [6.45, 7) is 0.877. The van der Waals surface area contributed by atoms with E-state index in [1.165, 1.54) is 6.07 Å². The van der Waals surface area contributed by atoms with Crippen LogP contribution in [0.15, 0.2) is 22.7 Å². The summed E-state index contributed by atoms with van der Waals surface area (Å²) in [5, 5.41) is 0. The van der Waals surface area contributed by atoms with Crippen LogP contribution in [0, 0.1) is 5.82 Å². The Labute approximate surface area is 109 Å². The summed E-state index contributed by atoms with van der Waals surface area (Å²) in [6, 6.07) is 4.91. The Morgan fingerprint density at radius 1 is 1.53 bits per heavy atom. The van der Waals surface area contributed by atoms with Crippen LogP contribution < -0.4 is 5.73 Å². The number of hydrogen-bond acceptors (Lipinski definition) is 2. The minimum absolute atomic E-state index is 0.0453. The van der Waals surface area contributed by atoms with Gasteiger partial charge < -0.3 is 10.5 Å². The van der Waals surface area contributed by atoms with Gasteiger partial charge in [0.15, 0.2) is 0 Å². The smallest absolute Gasteiger partial charge is 0.137 e. The second kappa shape index (κ2) is 5.94. The van der Waals surface area contributed by atoms with Gasteiger partial charge in [-0.25, -0.2) is 4.39 Å². The van der Waals surface area contributed by atoms with E-state index < -0.39 is 0 Å². The van der Waals surface area contributed by atoms with E-state index in [9.17, 15) is 4.39 Å². The van der Waals surface area contributed by atoms with Crippen LogP contribution in [0.3, 0.4) is 0 Å². The van der Waals surface area contributed by atoms with Crippen LogP contribution in [0.2, 0.25) is 0 Å². The first-order valence-corrected chi connectivity index (χ1v) is 6.78. The van der Waals surface area contributed by atoms with Gasteiger partial charge in [-0.3, -0.25) is 0 Å². The molecule has 1 saturated heterocycles. The van der Waals surface area contributed by atoms with Gasteiger partial charge in [-0.2, -0.15) is 0 Å². The molecule has 0 spiro atoms. The van der Waals surface area contributed by atoms with E-state index in [1.807, 2.05) is 0 Å². The third-order valence-electron chi connectivity index (χ3n) is 3.20. The van der Waals surface area contributed by atoms with Crippen LogP contribution in [-0.2, 0) is 4.74 Å². The van der Waals surface area contributed by atoms with Crippen LogP contribution >= 0.6 is 15.9 Å². The molecule has 1 heterocycles. The number of rotatable bonds is 4. The molecule has 2 atom stereocenters. The number of halogens is 2. The van der Waals surface area contributed by atoms with Crippen LogP contribution in [0.5, 0.6) is 0 Å². The fourth-order valence-corrected chi connectivity index (χ4v) is 2.54. The maximum atomic E-state index is 13.1. The Kier molecular flexibility index (Phi) is 4.54. The molecule has 1 aliphatic rings. The molecule has 2 unspecified atom stereocenters. The largest absolute Gasteiger partial charge is 0.378 e. The van der Waals surface area contributed by atoms with E-state index in [2.05, 4.69) is 15.9 Å². The summed E-state index contributed by atoms with van der Waals surface area (Å²) in [4.78, 5) is 0. The molecule has 17 heavy (non-hydrogen) atoms. The third kappa shape index (κ3) is 3.50. The highest BCUT2D eigenvalue weighted by molar-refractivity contribution is 9.10. The molecule has 1 aliphatic heterocycles. The number of nitrogens with two attached hydrogens (primary N) is 1. The Balaban J connectivity index is 1.89. The van der Waals surface area contributed by atoms with Gasteiger partial charge >= 0.3 is 0 Å². The highest BCUT2D eigenvalue weighted by Crippen LogP contribution is 2.25. The van der Waals surface area contributed by atoms with Crippen molar-refractivity contribution in [3.8, 4) is 0 Å². The molecule has 4 heteroatoms. The standard InChI is InChI=1S/C13H17BrFNO/c14-11-8-9(3-5-12(11)15)13(16)6-4-10-2-1-7-17-10/h3,5,8,10,13H,1-2,4,6-7,16H2. The molecule has 2 N–H and O–H groups in total. The van der Waals surface area contributed by atoms with Gasteiger partial charge in [0.05, 0.1) is 10.6 Å². The summed E-state index contributed by atoms with van der Waals surface area (Å²) in [7, 11) is 0. The lowest BCUT2D eigenvalue weighted by Crippen LogP contribution is -2.14. The van der Waals surface area contributed by atoms with Crippen LogP contribution in [0.4, 0.5) is 4.39 Å². The first-order valence-electron chi connectivity index (χ1n) is 5.99. The SMILES string of the molecule is NC(CCC1CCCO1)c1ccc(F)c(Br)c1. The predicted octanol–water partition coefficient (Wildman–Crippen LogP) is 3.55. The molecular formula is C13H17BrFNO. The van der Waals surface area contributed by atoms with Crippen molar-refractivity contribution in [2.75, 3.05) is 6.61 Å². The highest BCUT2D eigenvalue weighted by Gasteiger charge is 2.17. The average molecular weight is 302 g/mol. The van der Waals surface area contributed by atoms with E-state index in [0.29, 0.717) is 10.6 Å². The van der Waals surface area contributed by atoms with Gasteiger partial charge in [-0.05, 0) is 59.3 Å². The molecule has 2 nitrogen and oxygen atoms in total. The quantitative estimate of drug-likeness (QED) is 0.923. The maximum Gasteiger partial charge on any atom is 0.137 e. The van der Waals surface area contributed by atoms with E-state index in [1.54, 1.807) is 12.1 Å². The molecule has 0 bridgehead atoms. The van der Waals surface area contributed by atoms with E-state index in [0.717, 1.165) is 37.9 Å². The van der Waals surface area contributed by atoms with Gasteiger partial charge in [0.25, 0.3) is 0 Å². The minimum Gasteiger partial charge on any atom is -0.378 e. The zero-order chi connectivity index (χ0) is 12.3. The molecule has 0 aromatic heterocycles. The first kappa shape index (κ1) is 13.0. The molecule has 0 radical (unpaired) electrons. The summed E-state index contributed by atoms with van der Waals surface area (Å²) >= 11 is 3.18. The Morgan fingerprint density at radius 2 is 2.35 bits per heavy atom. The van der Waals surface area contributed by atoms with Gasteiger partial charge in [-0.15, -0.1) is 0 Å². The van der Waals surface area contributed by atoms with Gasteiger partial charge in [0, 0.05) is 12.6 Å². The molecule has 1 aromatic carbocycles. The topological polar surface area (TPSA) is 35.2 Å². The van der Waals surface area contributed by atoms with Crippen molar-refractivity contribution in [1.82, 2.24) is 0 Å². The molecule has 2 rings (SSSR count). The van der Waals surface area contributed by atoms with Crippen LogP contribution in [0.25, 0.3) is 0 Å². The molecule has 0 amide bonds. The Morgan fingerprint density at radius 3 is 3.00 bits per heavy atom. The maximum absolute atomic E-state index is 13.1. The molecule has 1 aromatic rings. The van der Waals surface area contributed by atoms with Gasteiger partial charge in [0.2, 0.25) is 0 Å². The first-order chi connectivity index (χ1) is 8.16. The van der Waals surface area contributed by atoms with E-state index in [-0.39, 0.29) is 11.9 Å². The summed E-state index contributed by atoms with van der Waals surface area (Å²) in [5.41, 5.74) is 7.06. The van der Waals surface area contributed by atoms with Crippen molar-refractivity contribution in [3.63, 3.8) is 0 Å². The van der Waals surface area contributed by atoms with Crippen molar-refractivity contribution in [2.24, 2.45) is 5.73 Å². The zero-order valence-electron chi connectivity index (χ0n) is 9.66. The predicted molar refractivity (Wildman–Crippen MR) is 69.2 cm³/mol. The van der Waals surface area contributed by atoms with Gasteiger partial charge in [-0.1, -0.05) is 6.07 Å².